The van der Waals surface area contributed by atoms with Crippen LogP contribution in [0.3, 0.4) is 0 Å². The van der Waals surface area contributed by atoms with Crippen molar-refractivity contribution in [3.63, 3.8) is 0 Å². The summed E-state index contributed by atoms with van der Waals surface area (Å²) in [4.78, 5) is 14.2. The summed E-state index contributed by atoms with van der Waals surface area (Å²) in [6.45, 7) is 1.59. The van der Waals surface area contributed by atoms with Crippen LogP contribution in [-0.2, 0) is 11.0 Å². The summed E-state index contributed by atoms with van der Waals surface area (Å²) in [7, 11) is 1.99. The molecule has 4 nitrogen and oxygen atoms in total. The fourth-order valence-electron chi connectivity index (χ4n) is 2.65. The largest absolute Gasteiger partial charge is 0.416 e. The number of likely N-dealkylation sites (tertiary alicyclic amines) is 1. The van der Waals surface area contributed by atoms with Gasteiger partial charge < -0.3 is 15.3 Å². The molecule has 0 radical (unpaired) electrons. The van der Waals surface area contributed by atoms with Gasteiger partial charge in [0.05, 0.1) is 11.7 Å². The van der Waals surface area contributed by atoms with Gasteiger partial charge in [-0.15, -0.1) is 0 Å². The zero-order chi connectivity index (χ0) is 17.0. The zero-order valence-electron chi connectivity index (χ0n) is 12.9. The van der Waals surface area contributed by atoms with Crippen molar-refractivity contribution in [1.82, 2.24) is 10.2 Å². The van der Waals surface area contributed by atoms with Gasteiger partial charge in [-0.1, -0.05) is 12.1 Å². The van der Waals surface area contributed by atoms with Gasteiger partial charge in [0.1, 0.15) is 0 Å². The minimum atomic E-state index is -4.45. The van der Waals surface area contributed by atoms with Crippen molar-refractivity contribution in [2.24, 2.45) is 5.92 Å². The summed E-state index contributed by atoms with van der Waals surface area (Å²) in [6, 6.07) is 4.53. The van der Waals surface area contributed by atoms with Crippen LogP contribution in [0.4, 0.5) is 13.2 Å². The molecule has 1 unspecified atom stereocenters. The summed E-state index contributed by atoms with van der Waals surface area (Å²) < 4.78 is 38.0. The Bertz CT molecular complexity index is 540. The Morgan fingerprint density at radius 3 is 2.65 bits per heavy atom. The topological polar surface area (TPSA) is 52.6 Å². The van der Waals surface area contributed by atoms with Crippen LogP contribution in [0.15, 0.2) is 24.3 Å². The smallest absolute Gasteiger partial charge is 0.387 e. The van der Waals surface area contributed by atoms with Crippen LogP contribution in [0.2, 0.25) is 0 Å². The number of amides is 1. The lowest BCUT2D eigenvalue weighted by Crippen LogP contribution is -2.40. The Morgan fingerprint density at radius 2 is 2.04 bits per heavy atom. The van der Waals surface area contributed by atoms with Gasteiger partial charge in [-0.05, 0) is 50.7 Å². The first-order valence-electron chi connectivity index (χ1n) is 7.59. The molecule has 0 aliphatic carbocycles. The molecule has 1 aliphatic heterocycles. The van der Waals surface area contributed by atoms with E-state index in [9.17, 15) is 23.1 Å². The summed E-state index contributed by atoms with van der Waals surface area (Å²) in [5, 5.41) is 12.6. The molecule has 23 heavy (non-hydrogen) atoms. The lowest BCUT2D eigenvalue weighted by atomic mass is 9.96. The maximum atomic E-state index is 12.7. The van der Waals surface area contributed by atoms with Crippen LogP contribution < -0.4 is 5.32 Å². The normalized spacial score (nSPS) is 18.7. The van der Waals surface area contributed by atoms with Gasteiger partial charge in [-0.25, -0.2) is 0 Å². The summed E-state index contributed by atoms with van der Waals surface area (Å²) >= 11 is 0. The van der Waals surface area contributed by atoms with Crippen LogP contribution in [0.25, 0.3) is 0 Å². The fraction of sp³-hybridized carbons (Fsp3) is 0.562. The summed E-state index contributed by atoms with van der Waals surface area (Å²) in [6.07, 6.45) is -4.11. The minimum Gasteiger partial charge on any atom is -0.387 e. The second-order valence-electron chi connectivity index (χ2n) is 5.96. The van der Waals surface area contributed by atoms with E-state index in [1.54, 1.807) is 0 Å². The number of nitrogens with zero attached hydrogens (tertiary/aromatic N) is 1. The third-order valence-electron chi connectivity index (χ3n) is 4.16. The van der Waals surface area contributed by atoms with E-state index in [1.165, 1.54) is 12.1 Å². The molecular formula is C16H21F3N2O2. The first kappa shape index (κ1) is 17.7. The van der Waals surface area contributed by atoms with E-state index in [-0.39, 0.29) is 23.9 Å². The first-order valence-corrected chi connectivity index (χ1v) is 7.59. The van der Waals surface area contributed by atoms with Crippen molar-refractivity contribution in [3.8, 4) is 0 Å². The molecule has 7 heteroatoms. The average molecular weight is 330 g/mol. The molecule has 1 atom stereocenters. The van der Waals surface area contributed by atoms with E-state index in [1.807, 2.05) is 7.05 Å². The fourth-order valence-corrected chi connectivity index (χ4v) is 2.65. The third kappa shape index (κ3) is 4.94. The number of nitrogens with one attached hydrogen (secondary N) is 1. The number of aliphatic hydroxyl groups is 1. The molecule has 1 saturated heterocycles. The Morgan fingerprint density at radius 1 is 1.39 bits per heavy atom. The van der Waals surface area contributed by atoms with E-state index < -0.39 is 17.8 Å². The zero-order valence-corrected chi connectivity index (χ0v) is 12.9. The van der Waals surface area contributed by atoms with Crippen LogP contribution in [-0.4, -0.2) is 42.6 Å². The molecule has 0 bridgehead atoms. The van der Waals surface area contributed by atoms with Crippen molar-refractivity contribution in [2.45, 2.75) is 25.1 Å². The molecule has 0 saturated carbocycles. The second-order valence-corrected chi connectivity index (χ2v) is 5.96. The highest BCUT2D eigenvalue weighted by molar-refractivity contribution is 5.78. The highest BCUT2D eigenvalue weighted by Crippen LogP contribution is 2.30. The third-order valence-corrected chi connectivity index (χ3v) is 4.16. The minimum absolute atomic E-state index is 0.0908. The predicted molar refractivity (Wildman–Crippen MR) is 79.6 cm³/mol. The van der Waals surface area contributed by atoms with Crippen LogP contribution >= 0.6 is 0 Å². The van der Waals surface area contributed by atoms with Crippen molar-refractivity contribution in [1.29, 1.82) is 0 Å². The maximum Gasteiger partial charge on any atom is 0.416 e. The number of alkyl halides is 3. The number of piperidine rings is 1. The molecule has 128 valence electrons. The van der Waals surface area contributed by atoms with Crippen molar-refractivity contribution >= 4 is 5.91 Å². The SMILES string of the molecule is CN1CCC(C(=O)NCC(O)c2cccc(C(F)(F)F)c2)CC1. The summed E-state index contributed by atoms with van der Waals surface area (Å²) in [5.74, 6) is -0.246. The molecule has 1 heterocycles. The van der Waals surface area contributed by atoms with E-state index in [0.717, 1.165) is 38.1 Å². The predicted octanol–water partition coefficient (Wildman–Crippen LogP) is 2.20. The van der Waals surface area contributed by atoms with Crippen LogP contribution in [0, 0.1) is 5.92 Å². The number of hydrogen-bond donors (Lipinski definition) is 2. The van der Waals surface area contributed by atoms with Gasteiger partial charge in [-0.2, -0.15) is 13.2 Å². The Balaban J connectivity index is 1.89. The maximum absolute atomic E-state index is 12.7. The molecule has 2 rings (SSSR count). The lowest BCUT2D eigenvalue weighted by Gasteiger charge is -2.28. The number of carbonyl (C=O) groups excluding carboxylic acids is 1. The standard InChI is InChI=1S/C16H21F3N2O2/c1-21-7-5-11(6-8-21)15(23)20-10-14(22)12-3-2-4-13(9-12)16(17,18)19/h2-4,9,11,14,22H,5-8,10H2,1H3,(H,20,23). The number of benzene rings is 1. The van der Waals surface area contributed by atoms with Crippen molar-refractivity contribution in [3.05, 3.63) is 35.4 Å². The molecular weight excluding hydrogens is 309 g/mol. The molecule has 1 amide bonds. The van der Waals surface area contributed by atoms with Gasteiger partial charge >= 0.3 is 6.18 Å². The molecule has 0 spiro atoms. The Kier molecular flexibility index (Phi) is 5.64. The van der Waals surface area contributed by atoms with E-state index in [0.29, 0.717) is 0 Å². The molecule has 1 aliphatic rings. The van der Waals surface area contributed by atoms with Crippen molar-refractivity contribution in [2.75, 3.05) is 26.7 Å². The Hall–Kier alpha value is -1.60. The lowest BCUT2D eigenvalue weighted by molar-refractivity contribution is -0.137. The second kappa shape index (κ2) is 7.31. The molecule has 1 aromatic carbocycles. The highest BCUT2D eigenvalue weighted by atomic mass is 19.4. The molecule has 2 N–H and O–H groups in total. The van der Waals surface area contributed by atoms with Gasteiger partial charge in [0, 0.05) is 12.5 Å². The first-order chi connectivity index (χ1) is 10.8. The number of aliphatic hydroxyl groups excluding tert-OH is 1. The van der Waals surface area contributed by atoms with E-state index in [4.69, 9.17) is 0 Å². The van der Waals surface area contributed by atoms with Gasteiger partial charge in [0.2, 0.25) is 5.91 Å². The van der Waals surface area contributed by atoms with Crippen LogP contribution in [0.5, 0.6) is 0 Å². The number of halogens is 3. The molecule has 1 fully saturated rings. The van der Waals surface area contributed by atoms with Gasteiger partial charge in [0.25, 0.3) is 0 Å². The molecule has 1 aromatic rings. The number of hydrogen-bond acceptors (Lipinski definition) is 3. The highest BCUT2D eigenvalue weighted by Gasteiger charge is 2.31. The molecule has 0 aromatic heterocycles. The number of rotatable bonds is 4. The van der Waals surface area contributed by atoms with Crippen molar-refractivity contribution < 1.29 is 23.1 Å². The van der Waals surface area contributed by atoms with Crippen LogP contribution in [0.1, 0.15) is 30.1 Å². The quantitative estimate of drug-likeness (QED) is 0.890. The van der Waals surface area contributed by atoms with E-state index in [2.05, 4.69) is 10.2 Å². The Labute approximate surface area is 133 Å². The average Bonchev–Trinajstić information content (AvgIpc) is 2.52. The number of carbonyl (C=O) groups is 1. The van der Waals surface area contributed by atoms with Gasteiger partial charge in [-0.3, -0.25) is 4.79 Å². The van der Waals surface area contributed by atoms with Gasteiger partial charge in [0.15, 0.2) is 0 Å². The monoisotopic (exact) mass is 330 g/mol. The van der Waals surface area contributed by atoms with E-state index >= 15 is 0 Å². The summed E-state index contributed by atoms with van der Waals surface area (Å²) in [5.41, 5.74) is -0.667.